The third-order valence-electron chi connectivity index (χ3n) is 5.57. The first-order chi connectivity index (χ1) is 14.8. The van der Waals surface area contributed by atoms with Crippen molar-refractivity contribution < 1.29 is 19.2 Å². The van der Waals surface area contributed by atoms with Crippen LogP contribution in [0.4, 0.5) is 17.1 Å². The summed E-state index contributed by atoms with van der Waals surface area (Å²) in [6.45, 7) is 4.21. The summed E-state index contributed by atoms with van der Waals surface area (Å²) < 4.78 is 0. The lowest BCUT2D eigenvalue weighted by Gasteiger charge is -2.29. The van der Waals surface area contributed by atoms with Crippen LogP contribution in [0.2, 0.25) is 0 Å². The first-order valence-electron chi connectivity index (χ1n) is 10.2. The molecule has 0 saturated carbocycles. The van der Waals surface area contributed by atoms with Gasteiger partial charge in [0.1, 0.15) is 6.54 Å². The van der Waals surface area contributed by atoms with Crippen LogP contribution >= 0.6 is 0 Å². The summed E-state index contributed by atoms with van der Waals surface area (Å²) in [5.41, 5.74) is 2.20. The second-order valence-corrected chi connectivity index (χ2v) is 8.06. The van der Waals surface area contributed by atoms with Crippen molar-refractivity contribution in [2.24, 2.45) is 5.92 Å². The van der Waals surface area contributed by atoms with Crippen molar-refractivity contribution in [1.82, 2.24) is 4.90 Å². The quantitative estimate of drug-likeness (QED) is 0.794. The third-order valence-corrected chi connectivity index (χ3v) is 5.57. The van der Waals surface area contributed by atoms with Crippen LogP contribution in [-0.2, 0) is 14.4 Å². The molecule has 8 heteroatoms. The smallest absolute Gasteiger partial charge is 0.258 e. The molecule has 2 aliphatic rings. The van der Waals surface area contributed by atoms with Gasteiger partial charge in [0.25, 0.3) is 5.91 Å². The first-order valence-corrected chi connectivity index (χ1v) is 10.2. The summed E-state index contributed by atoms with van der Waals surface area (Å²) in [6, 6.07) is 13.7. The highest BCUT2D eigenvalue weighted by Crippen LogP contribution is 2.30. The Kier molecular flexibility index (Phi) is 5.46. The standard InChI is InChI=1S/C23H24N4O4/c1-14(2)26-12-16(11-21(26)29)22(30)24-17-9-7-15(8-10-17)23(31)27-13-20(28)25-18-5-3-4-6-19(18)27/h3-10,14,16H,11-13H2,1-2H3,(H,24,30)(H,25,28). The number of nitrogens with one attached hydrogen (secondary N) is 2. The normalized spacial score (nSPS) is 18.1. The van der Waals surface area contributed by atoms with E-state index in [1.54, 1.807) is 47.4 Å². The van der Waals surface area contributed by atoms with Gasteiger partial charge in [0, 0.05) is 30.3 Å². The third kappa shape index (κ3) is 4.14. The van der Waals surface area contributed by atoms with Crippen molar-refractivity contribution in [3.8, 4) is 0 Å². The monoisotopic (exact) mass is 420 g/mol. The first kappa shape index (κ1) is 20.6. The van der Waals surface area contributed by atoms with Gasteiger partial charge < -0.3 is 15.5 Å². The van der Waals surface area contributed by atoms with Gasteiger partial charge in [-0.2, -0.15) is 0 Å². The van der Waals surface area contributed by atoms with E-state index in [1.807, 2.05) is 19.9 Å². The average molecular weight is 420 g/mol. The second kappa shape index (κ2) is 8.22. The molecule has 0 aromatic heterocycles. The van der Waals surface area contributed by atoms with Crippen LogP contribution in [0.3, 0.4) is 0 Å². The molecule has 4 rings (SSSR count). The van der Waals surface area contributed by atoms with Gasteiger partial charge in [-0.05, 0) is 50.2 Å². The fraction of sp³-hybridized carbons (Fsp3) is 0.304. The summed E-state index contributed by atoms with van der Waals surface area (Å²) in [7, 11) is 0. The number of amides is 4. The number of rotatable bonds is 4. The molecule has 2 N–H and O–H groups in total. The molecular weight excluding hydrogens is 396 g/mol. The van der Waals surface area contributed by atoms with Crippen LogP contribution in [0.5, 0.6) is 0 Å². The van der Waals surface area contributed by atoms with Gasteiger partial charge in [-0.1, -0.05) is 12.1 Å². The number of hydrogen-bond acceptors (Lipinski definition) is 4. The minimum atomic E-state index is -0.389. The van der Waals surface area contributed by atoms with Crippen LogP contribution in [0.25, 0.3) is 0 Å². The average Bonchev–Trinajstić information content (AvgIpc) is 3.15. The van der Waals surface area contributed by atoms with E-state index in [-0.39, 0.29) is 48.6 Å². The number of likely N-dealkylation sites (tertiary alicyclic amines) is 1. The number of carbonyl (C=O) groups excluding carboxylic acids is 4. The number of anilines is 3. The van der Waals surface area contributed by atoms with Gasteiger partial charge in [-0.3, -0.25) is 24.1 Å². The van der Waals surface area contributed by atoms with E-state index in [4.69, 9.17) is 0 Å². The molecule has 1 saturated heterocycles. The van der Waals surface area contributed by atoms with Gasteiger partial charge >= 0.3 is 0 Å². The highest BCUT2D eigenvalue weighted by Gasteiger charge is 2.35. The number of para-hydroxylation sites is 2. The van der Waals surface area contributed by atoms with Crippen molar-refractivity contribution >= 4 is 40.7 Å². The zero-order valence-corrected chi connectivity index (χ0v) is 17.4. The van der Waals surface area contributed by atoms with Crippen LogP contribution in [0.1, 0.15) is 30.6 Å². The Balaban J connectivity index is 1.44. The molecule has 0 bridgehead atoms. The molecule has 8 nitrogen and oxygen atoms in total. The van der Waals surface area contributed by atoms with E-state index in [9.17, 15) is 19.2 Å². The summed E-state index contributed by atoms with van der Waals surface area (Å²) in [6.07, 6.45) is 0.205. The van der Waals surface area contributed by atoms with Gasteiger partial charge in [-0.15, -0.1) is 0 Å². The summed E-state index contributed by atoms with van der Waals surface area (Å²) in [5.74, 6) is -1.16. The molecule has 2 aromatic rings. The number of nitrogens with zero attached hydrogens (tertiary/aromatic N) is 2. The van der Waals surface area contributed by atoms with Crippen LogP contribution in [0, 0.1) is 5.92 Å². The molecule has 0 spiro atoms. The zero-order valence-electron chi connectivity index (χ0n) is 17.4. The largest absolute Gasteiger partial charge is 0.339 e. The van der Waals surface area contributed by atoms with E-state index in [0.29, 0.717) is 29.2 Å². The molecule has 0 radical (unpaired) electrons. The second-order valence-electron chi connectivity index (χ2n) is 8.06. The number of carbonyl (C=O) groups is 4. The van der Waals surface area contributed by atoms with E-state index in [1.165, 1.54) is 4.90 Å². The lowest BCUT2D eigenvalue weighted by molar-refractivity contribution is -0.129. The summed E-state index contributed by atoms with van der Waals surface area (Å²) in [4.78, 5) is 52.7. The SMILES string of the molecule is CC(C)N1CC(C(=O)Nc2ccc(C(=O)N3CC(=O)Nc4ccccc43)cc2)CC1=O. The molecule has 2 heterocycles. The highest BCUT2D eigenvalue weighted by atomic mass is 16.2. The molecule has 2 aromatic carbocycles. The van der Waals surface area contributed by atoms with Crippen molar-refractivity contribution in [3.63, 3.8) is 0 Å². The van der Waals surface area contributed by atoms with E-state index in [2.05, 4.69) is 10.6 Å². The molecule has 4 amide bonds. The Hall–Kier alpha value is -3.68. The molecule has 31 heavy (non-hydrogen) atoms. The summed E-state index contributed by atoms with van der Waals surface area (Å²) in [5, 5.41) is 5.58. The predicted molar refractivity (Wildman–Crippen MR) is 117 cm³/mol. The summed E-state index contributed by atoms with van der Waals surface area (Å²) >= 11 is 0. The van der Waals surface area contributed by atoms with Gasteiger partial charge in [-0.25, -0.2) is 0 Å². The molecule has 1 fully saturated rings. The minimum absolute atomic E-state index is 0.0121. The van der Waals surface area contributed by atoms with Crippen molar-refractivity contribution in [2.45, 2.75) is 26.3 Å². The van der Waals surface area contributed by atoms with Crippen molar-refractivity contribution in [2.75, 3.05) is 28.6 Å². The molecule has 2 aliphatic heterocycles. The zero-order chi connectivity index (χ0) is 22.1. The van der Waals surface area contributed by atoms with Crippen LogP contribution in [0.15, 0.2) is 48.5 Å². The Morgan fingerprint density at radius 2 is 1.77 bits per heavy atom. The van der Waals surface area contributed by atoms with Crippen molar-refractivity contribution in [1.29, 1.82) is 0 Å². The highest BCUT2D eigenvalue weighted by molar-refractivity contribution is 6.15. The molecule has 1 atom stereocenters. The topological polar surface area (TPSA) is 98.8 Å². The fourth-order valence-corrected chi connectivity index (χ4v) is 3.92. The van der Waals surface area contributed by atoms with Gasteiger partial charge in [0.05, 0.1) is 17.3 Å². The van der Waals surface area contributed by atoms with Gasteiger partial charge in [0.15, 0.2) is 0 Å². The lowest BCUT2D eigenvalue weighted by Crippen LogP contribution is -2.42. The Bertz CT molecular complexity index is 1050. The maximum absolute atomic E-state index is 13.0. The van der Waals surface area contributed by atoms with Crippen LogP contribution < -0.4 is 15.5 Å². The van der Waals surface area contributed by atoms with E-state index < -0.39 is 0 Å². The maximum atomic E-state index is 13.0. The Morgan fingerprint density at radius 3 is 2.45 bits per heavy atom. The van der Waals surface area contributed by atoms with Crippen molar-refractivity contribution in [3.05, 3.63) is 54.1 Å². The molecule has 0 aliphatic carbocycles. The maximum Gasteiger partial charge on any atom is 0.258 e. The van der Waals surface area contributed by atoms with Crippen LogP contribution in [-0.4, -0.2) is 47.7 Å². The Morgan fingerprint density at radius 1 is 1.06 bits per heavy atom. The number of benzene rings is 2. The lowest BCUT2D eigenvalue weighted by atomic mass is 10.1. The van der Waals surface area contributed by atoms with E-state index in [0.717, 1.165) is 0 Å². The minimum Gasteiger partial charge on any atom is -0.339 e. The molecular formula is C23H24N4O4. The number of hydrogen-bond donors (Lipinski definition) is 2. The molecule has 160 valence electrons. The fourth-order valence-electron chi connectivity index (χ4n) is 3.92. The molecule has 1 unspecified atom stereocenters. The number of fused-ring (bicyclic) bond motifs is 1. The van der Waals surface area contributed by atoms with E-state index >= 15 is 0 Å². The predicted octanol–water partition coefficient (Wildman–Crippen LogP) is 2.48. The van der Waals surface area contributed by atoms with Gasteiger partial charge in [0.2, 0.25) is 17.7 Å². The Labute approximate surface area is 180 Å².